The summed E-state index contributed by atoms with van der Waals surface area (Å²) in [6.45, 7) is 3.45. The van der Waals surface area contributed by atoms with E-state index in [1.807, 2.05) is 18.4 Å². The van der Waals surface area contributed by atoms with Crippen molar-refractivity contribution in [3.05, 3.63) is 49.7 Å². The summed E-state index contributed by atoms with van der Waals surface area (Å²) in [5.41, 5.74) is -0.194. The number of Topliss-reactive ketones (excluding diaryl/α,β-unsaturated/α-hetero) is 1. The van der Waals surface area contributed by atoms with Gasteiger partial charge in [-0.3, -0.25) is 4.79 Å². The third-order valence-electron chi connectivity index (χ3n) is 2.65. The average molecular weight is 264 g/mol. The van der Waals surface area contributed by atoms with Gasteiger partial charge < -0.3 is 9.52 Å². The summed E-state index contributed by atoms with van der Waals surface area (Å²) < 4.78 is 4.83. The van der Waals surface area contributed by atoms with E-state index in [-0.39, 0.29) is 23.5 Å². The summed E-state index contributed by atoms with van der Waals surface area (Å²) in [5, 5.41) is 11.5. The standard InChI is InChI=1S/C13H12O4S/c1-7-5-10(14)12(13(16)17-7)11(15)6-9-3-4-18-8(9)2/h3-5,14H,6H2,1-2H3. The first-order chi connectivity index (χ1) is 8.49. The number of hydrogen-bond acceptors (Lipinski definition) is 5. The van der Waals surface area contributed by atoms with Gasteiger partial charge in [-0.2, -0.15) is 0 Å². The van der Waals surface area contributed by atoms with Crippen LogP contribution in [0, 0.1) is 13.8 Å². The second kappa shape index (κ2) is 4.78. The van der Waals surface area contributed by atoms with Crippen molar-refractivity contribution in [1.29, 1.82) is 0 Å². The highest BCUT2D eigenvalue weighted by atomic mass is 32.1. The molecule has 2 aromatic heterocycles. The van der Waals surface area contributed by atoms with Gasteiger partial charge in [-0.15, -0.1) is 11.3 Å². The summed E-state index contributed by atoms with van der Waals surface area (Å²) in [6, 6.07) is 3.11. The van der Waals surface area contributed by atoms with E-state index < -0.39 is 11.4 Å². The van der Waals surface area contributed by atoms with Crippen LogP contribution >= 0.6 is 11.3 Å². The van der Waals surface area contributed by atoms with Crippen LogP contribution in [0.4, 0.5) is 0 Å². The van der Waals surface area contributed by atoms with Gasteiger partial charge in [0.15, 0.2) is 5.78 Å². The second-order valence-electron chi connectivity index (χ2n) is 4.01. The Bertz CT molecular complexity index is 651. The minimum absolute atomic E-state index is 0.0940. The van der Waals surface area contributed by atoms with E-state index in [2.05, 4.69) is 0 Å². The molecule has 0 saturated heterocycles. The van der Waals surface area contributed by atoms with Crippen LogP contribution in [0.15, 0.2) is 26.7 Å². The van der Waals surface area contributed by atoms with Crippen LogP contribution in [0.25, 0.3) is 0 Å². The van der Waals surface area contributed by atoms with Crippen LogP contribution in [-0.2, 0) is 6.42 Å². The van der Waals surface area contributed by atoms with Gasteiger partial charge in [0.2, 0.25) is 0 Å². The third kappa shape index (κ3) is 2.36. The average Bonchev–Trinajstić information content (AvgIpc) is 2.62. The highest BCUT2D eigenvalue weighted by Gasteiger charge is 2.19. The van der Waals surface area contributed by atoms with E-state index in [1.165, 1.54) is 17.4 Å². The van der Waals surface area contributed by atoms with E-state index in [0.717, 1.165) is 10.4 Å². The molecule has 0 aliphatic carbocycles. The maximum Gasteiger partial charge on any atom is 0.350 e. The van der Waals surface area contributed by atoms with E-state index in [9.17, 15) is 14.7 Å². The fraction of sp³-hybridized carbons (Fsp3) is 0.231. The Kier molecular flexibility index (Phi) is 3.34. The van der Waals surface area contributed by atoms with E-state index >= 15 is 0 Å². The molecule has 0 unspecified atom stereocenters. The fourth-order valence-corrected chi connectivity index (χ4v) is 2.44. The molecule has 0 aliphatic rings. The summed E-state index contributed by atoms with van der Waals surface area (Å²) in [4.78, 5) is 24.6. The maximum absolute atomic E-state index is 12.0. The minimum atomic E-state index is -0.787. The molecule has 18 heavy (non-hydrogen) atoms. The first kappa shape index (κ1) is 12.6. The van der Waals surface area contributed by atoms with Crippen molar-refractivity contribution in [3.63, 3.8) is 0 Å². The highest BCUT2D eigenvalue weighted by molar-refractivity contribution is 7.10. The molecule has 0 amide bonds. The summed E-state index contributed by atoms with van der Waals surface area (Å²) in [6.07, 6.45) is 0.0940. The lowest BCUT2D eigenvalue weighted by molar-refractivity contribution is 0.0986. The number of ketones is 1. The van der Waals surface area contributed by atoms with Crippen molar-refractivity contribution in [1.82, 2.24) is 0 Å². The zero-order chi connectivity index (χ0) is 13.3. The van der Waals surface area contributed by atoms with Crippen molar-refractivity contribution in [2.24, 2.45) is 0 Å². The second-order valence-corrected chi connectivity index (χ2v) is 5.13. The van der Waals surface area contributed by atoms with E-state index in [1.54, 1.807) is 6.92 Å². The third-order valence-corrected chi connectivity index (χ3v) is 3.54. The fourth-order valence-electron chi connectivity index (χ4n) is 1.71. The lowest BCUT2D eigenvalue weighted by atomic mass is 10.0. The van der Waals surface area contributed by atoms with Gasteiger partial charge in [0.05, 0.1) is 0 Å². The van der Waals surface area contributed by atoms with Gasteiger partial charge in [0.25, 0.3) is 0 Å². The topological polar surface area (TPSA) is 67.5 Å². The van der Waals surface area contributed by atoms with Gasteiger partial charge in [-0.25, -0.2) is 4.79 Å². The van der Waals surface area contributed by atoms with Crippen LogP contribution in [0.2, 0.25) is 0 Å². The van der Waals surface area contributed by atoms with Crippen LogP contribution in [0.3, 0.4) is 0 Å². The lowest BCUT2D eigenvalue weighted by Crippen LogP contribution is -2.16. The van der Waals surface area contributed by atoms with Crippen molar-refractivity contribution < 1.29 is 14.3 Å². The molecule has 4 nitrogen and oxygen atoms in total. The Hall–Kier alpha value is -1.88. The Labute approximate surface area is 108 Å². The van der Waals surface area contributed by atoms with Crippen LogP contribution in [-0.4, -0.2) is 10.9 Å². The van der Waals surface area contributed by atoms with Crippen LogP contribution in [0.1, 0.15) is 26.6 Å². The van der Waals surface area contributed by atoms with Gasteiger partial charge in [0.1, 0.15) is 17.1 Å². The van der Waals surface area contributed by atoms with Crippen molar-refractivity contribution in [3.8, 4) is 5.75 Å². The Morgan fingerprint density at radius 1 is 1.44 bits per heavy atom. The number of hydrogen-bond donors (Lipinski definition) is 1. The zero-order valence-corrected chi connectivity index (χ0v) is 10.8. The molecule has 0 aromatic carbocycles. The molecule has 0 saturated carbocycles. The summed E-state index contributed by atoms with van der Waals surface area (Å²) in [5.74, 6) is -0.467. The molecule has 5 heteroatoms. The number of aromatic hydroxyl groups is 1. The Balaban J connectivity index is 2.36. The highest BCUT2D eigenvalue weighted by Crippen LogP contribution is 2.20. The molecular weight excluding hydrogens is 252 g/mol. The normalized spacial score (nSPS) is 10.6. The maximum atomic E-state index is 12.0. The van der Waals surface area contributed by atoms with E-state index in [0.29, 0.717) is 0 Å². The molecule has 2 aromatic rings. The molecule has 2 heterocycles. The molecule has 0 aliphatic heterocycles. The molecule has 0 radical (unpaired) electrons. The number of aryl methyl sites for hydroxylation is 2. The SMILES string of the molecule is Cc1cc(O)c(C(=O)Cc2ccsc2C)c(=O)o1. The molecule has 94 valence electrons. The van der Waals surface area contributed by atoms with Crippen molar-refractivity contribution in [2.45, 2.75) is 20.3 Å². The van der Waals surface area contributed by atoms with Gasteiger partial charge in [-0.1, -0.05) is 0 Å². The van der Waals surface area contributed by atoms with Gasteiger partial charge in [0, 0.05) is 17.4 Å². The Morgan fingerprint density at radius 2 is 2.17 bits per heavy atom. The minimum Gasteiger partial charge on any atom is -0.507 e. The predicted octanol–water partition coefficient (Wildman–Crippen LogP) is 2.45. The van der Waals surface area contributed by atoms with Gasteiger partial charge in [-0.05, 0) is 30.9 Å². The quantitative estimate of drug-likeness (QED) is 0.865. The number of carbonyl (C=O) groups excluding carboxylic acids is 1. The first-order valence-corrected chi connectivity index (χ1v) is 6.27. The van der Waals surface area contributed by atoms with Crippen molar-refractivity contribution in [2.75, 3.05) is 0 Å². The van der Waals surface area contributed by atoms with E-state index in [4.69, 9.17) is 4.42 Å². The number of rotatable bonds is 3. The molecule has 0 atom stereocenters. The van der Waals surface area contributed by atoms with Crippen LogP contribution < -0.4 is 5.63 Å². The Morgan fingerprint density at radius 3 is 2.72 bits per heavy atom. The lowest BCUT2D eigenvalue weighted by Gasteiger charge is -2.03. The number of carbonyl (C=O) groups is 1. The predicted molar refractivity (Wildman–Crippen MR) is 68.5 cm³/mol. The molecule has 0 fully saturated rings. The first-order valence-electron chi connectivity index (χ1n) is 5.39. The monoisotopic (exact) mass is 264 g/mol. The molecule has 1 N–H and O–H groups in total. The molecule has 0 bridgehead atoms. The summed E-state index contributed by atoms with van der Waals surface area (Å²) in [7, 11) is 0. The number of thiophene rings is 1. The molecule has 0 spiro atoms. The zero-order valence-electron chi connectivity index (χ0n) is 10.0. The van der Waals surface area contributed by atoms with Crippen LogP contribution in [0.5, 0.6) is 5.75 Å². The summed E-state index contributed by atoms with van der Waals surface area (Å²) >= 11 is 1.54. The molecule has 2 rings (SSSR count). The largest absolute Gasteiger partial charge is 0.507 e. The van der Waals surface area contributed by atoms with Gasteiger partial charge >= 0.3 is 5.63 Å². The van der Waals surface area contributed by atoms with Crippen molar-refractivity contribution >= 4 is 17.1 Å². The smallest absolute Gasteiger partial charge is 0.350 e. The molecular formula is C13H12O4S.